The standard InChI is InChI=1S/C2H2Cl3FSi/c1-2(6)7(3,4)5/h1H2. The maximum Gasteiger partial charge on any atom is 0.401 e. The third-order valence-corrected chi connectivity index (χ3v) is 2.77. The summed E-state index contributed by atoms with van der Waals surface area (Å²) in [5, 5.41) is 0. The van der Waals surface area contributed by atoms with Crippen LogP contribution in [0, 0.1) is 0 Å². The largest absolute Gasteiger partial charge is 0.401 e. The zero-order valence-electron chi connectivity index (χ0n) is 3.22. The topological polar surface area (TPSA) is 0 Å². The van der Waals surface area contributed by atoms with Crippen LogP contribution in [0.15, 0.2) is 12.0 Å². The van der Waals surface area contributed by atoms with E-state index in [1.54, 1.807) is 0 Å². The van der Waals surface area contributed by atoms with E-state index in [1.807, 2.05) is 0 Å². The van der Waals surface area contributed by atoms with Crippen molar-refractivity contribution in [3.05, 3.63) is 12.0 Å². The summed E-state index contributed by atoms with van der Waals surface area (Å²) in [4.78, 5) is 0. The van der Waals surface area contributed by atoms with Gasteiger partial charge in [-0.1, -0.05) is 6.58 Å². The highest BCUT2D eigenvalue weighted by molar-refractivity contribution is 7.67. The lowest BCUT2D eigenvalue weighted by molar-refractivity contribution is 0.695. The van der Waals surface area contributed by atoms with Gasteiger partial charge in [0.2, 0.25) is 0 Å². The van der Waals surface area contributed by atoms with Crippen LogP contribution in [-0.4, -0.2) is 6.00 Å². The molecule has 0 rings (SSSR count). The summed E-state index contributed by atoms with van der Waals surface area (Å²) in [7, 11) is 0. The summed E-state index contributed by atoms with van der Waals surface area (Å²) in [5.41, 5.74) is -0.822. The summed E-state index contributed by atoms with van der Waals surface area (Å²) in [6.07, 6.45) is 0. The molecule has 0 saturated heterocycles. The van der Waals surface area contributed by atoms with Crippen LogP contribution in [0.2, 0.25) is 0 Å². The Balaban J connectivity index is 3.79. The molecule has 0 heterocycles. The Morgan fingerprint density at radius 1 is 1.43 bits per heavy atom. The highest BCUT2D eigenvalue weighted by atomic mass is 35.8. The molecule has 0 aromatic rings. The Hall–Kier alpha value is 0.757. The maximum atomic E-state index is 11.7. The van der Waals surface area contributed by atoms with Gasteiger partial charge in [0, 0.05) is 0 Å². The molecular formula is C2H2Cl3FSi. The molecule has 0 aromatic heterocycles. The van der Waals surface area contributed by atoms with Gasteiger partial charge in [-0.15, -0.1) is 33.2 Å². The molecule has 42 valence electrons. The van der Waals surface area contributed by atoms with Gasteiger partial charge in [-0.05, 0) is 0 Å². The summed E-state index contributed by atoms with van der Waals surface area (Å²) >= 11 is 15.2. The molecule has 0 aliphatic rings. The van der Waals surface area contributed by atoms with Crippen molar-refractivity contribution in [1.29, 1.82) is 0 Å². The summed E-state index contributed by atoms with van der Waals surface area (Å²) in [6, 6.07) is -3.18. The van der Waals surface area contributed by atoms with Crippen LogP contribution in [0.25, 0.3) is 0 Å². The molecule has 0 saturated carbocycles. The van der Waals surface area contributed by atoms with Gasteiger partial charge in [0.1, 0.15) is 5.45 Å². The monoisotopic (exact) mass is 178 g/mol. The van der Waals surface area contributed by atoms with Gasteiger partial charge >= 0.3 is 6.00 Å². The van der Waals surface area contributed by atoms with E-state index in [0.29, 0.717) is 0 Å². The van der Waals surface area contributed by atoms with E-state index in [2.05, 4.69) is 6.58 Å². The molecule has 0 unspecified atom stereocenters. The fourth-order valence-corrected chi connectivity index (χ4v) is 0. The second-order valence-corrected chi connectivity index (χ2v) is 9.28. The van der Waals surface area contributed by atoms with E-state index in [9.17, 15) is 4.39 Å². The molecule has 0 nitrogen and oxygen atoms in total. The van der Waals surface area contributed by atoms with Crippen molar-refractivity contribution in [2.75, 3.05) is 0 Å². The van der Waals surface area contributed by atoms with Gasteiger partial charge in [0.05, 0.1) is 0 Å². The lowest BCUT2D eigenvalue weighted by atomic mass is 11.2. The number of halogens is 4. The first-order chi connectivity index (χ1) is 2.94. The van der Waals surface area contributed by atoms with Crippen molar-refractivity contribution in [2.45, 2.75) is 0 Å². The van der Waals surface area contributed by atoms with Crippen LogP contribution in [0.5, 0.6) is 0 Å². The van der Waals surface area contributed by atoms with E-state index in [-0.39, 0.29) is 0 Å². The lowest BCUT2D eigenvalue weighted by Crippen LogP contribution is -2.08. The van der Waals surface area contributed by atoms with Gasteiger partial charge in [-0.3, -0.25) is 0 Å². The van der Waals surface area contributed by atoms with Crippen LogP contribution in [0.3, 0.4) is 0 Å². The Morgan fingerprint density at radius 2 is 1.57 bits per heavy atom. The molecule has 0 aliphatic carbocycles. The summed E-state index contributed by atoms with van der Waals surface area (Å²) in [5.74, 6) is 0. The van der Waals surface area contributed by atoms with E-state index in [1.165, 1.54) is 0 Å². The van der Waals surface area contributed by atoms with Crippen LogP contribution in [0.4, 0.5) is 4.39 Å². The fraction of sp³-hybridized carbons (Fsp3) is 0. The SMILES string of the molecule is C=C(F)[Si](Cl)(Cl)Cl. The average Bonchev–Trinajstić information content (AvgIpc) is 1.31. The van der Waals surface area contributed by atoms with Crippen LogP contribution >= 0.6 is 33.2 Å². The van der Waals surface area contributed by atoms with Gasteiger partial charge < -0.3 is 0 Å². The predicted molar refractivity (Wildman–Crippen MR) is 33.6 cm³/mol. The Bertz CT molecular complexity index is 85.4. The minimum absolute atomic E-state index is 0.822. The first kappa shape index (κ1) is 7.76. The summed E-state index contributed by atoms with van der Waals surface area (Å²) in [6.45, 7) is 2.83. The number of hydrogen-bond acceptors (Lipinski definition) is 0. The van der Waals surface area contributed by atoms with Crippen molar-refractivity contribution in [2.24, 2.45) is 0 Å². The molecule has 0 fully saturated rings. The second kappa shape index (κ2) is 2.35. The quantitative estimate of drug-likeness (QED) is 0.429. The van der Waals surface area contributed by atoms with Crippen molar-refractivity contribution in [3.8, 4) is 0 Å². The Labute approximate surface area is 56.0 Å². The molecule has 0 atom stereocenters. The van der Waals surface area contributed by atoms with E-state index in [4.69, 9.17) is 33.2 Å². The first-order valence-electron chi connectivity index (χ1n) is 1.36. The highest BCUT2D eigenvalue weighted by Gasteiger charge is 2.29. The number of hydrogen-bond donors (Lipinski definition) is 0. The van der Waals surface area contributed by atoms with E-state index >= 15 is 0 Å². The van der Waals surface area contributed by atoms with Gasteiger partial charge in [0.25, 0.3) is 0 Å². The van der Waals surface area contributed by atoms with Crippen LogP contribution < -0.4 is 0 Å². The number of rotatable bonds is 1. The van der Waals surface area contributed by atoms with Crippen LogP contribution in [0.1, 0.15) is 0 Å². The molecule has 0 amide bonds. The smallest absolute Gasteiger partial charge is 0.213 e. The molecule has 7 heavy (non-hydrogen) atoms. The Morgan fingerprint density at radius 3 is 1.57 bits per heavy atom. The fourth-order valence-electron chi connectivity index (χ4n) is 0. The minimum Gasteiger partial charge on any atom is -0.213 e. The van der Waals surface area contributed by atoms with E-state index < -0.39 is 11.5 Å². The molecule has 0 spiro atoms. The average molecular weight is 179 g/mol. The normalized spacial score (nSPS) is 11.4. The van der Waals surface area contributed by atoms with E-state index in [0.717, 1.165) is 0 Å². The second-order valence-electron chi connectivity index (χ2n) is 0.903. The highest BCUT2D eigenvalue weighted by Crippen LogP contribution is 2.27. The lowest BCUT2D eigenvalue weighted by Gasteiger charge is -1.98. The first-order valence-corrected chi connectivity index (χ1v) is 6.40. The zero-order chi connectivity index (χ0) is 6.08. The minimum atomic E-state index is -3.18. The van der Waals surface area contributed by atoms with Crippen LogP contribution in [-0.2, 0) is 0 Å². The van der Waals surface area contributed by atoms with Gasteiger partial charge in [-0.25, -0.2) is 4.39 Å². The third-order valence-electron chi connectivity index (χ3n) is 0.308. The Kier molecular flexibility index (Phi) is 2.61. The predicted octanol–water partition coefficient (Wildman–Crippen LogP) is 2.66. The summed E-state index contributed by atoms with van der Waals surface area (Å²) < 4.78 is 11.7. The molecule has 0 radical (unpaired) electrons. The van der Waals surface area contributed by atoms with Gasteiger partial charge in [-0.2, -0.15) is 0 Å². The zero-order valence-corrected chi connectivity index (χ0v) is 6.49. The molecular weight excluding hydrogens is 177 g/mol. The maximum absolute atomic E-state index is 11.7. The molecule has 5 heteroatoms. The van der Waals surface area contributed by atoms with Crippen molar-refractivity contribution >= 4 is 39.2 Å². The van der Waals surface area contributed by atoms with Crippen molar-refractivity contribution < 1.29 is 4.39 Å². The molecule has 0 bridgehead atoms. The van der Waals surface area contributed by atoms with Gasteiger partial charge in [0.15, 0.2) is 0 Å². The van der Waals surface area contributed by atoms with Crippen molar-refractivity contribution in [3.63, 3.8) is 0 Å². The molecule has 0 aliphatic heterocycles. The molecule has 0 aromatic carbocycles. The third kappa shape index (κ3) is 3.35. The molecule has 0 N–H and O–H groups in total. The van der Waals surface area contributed by atoms with Crippen molar-refractivity contribution in [1.82, 2.24) is 0 Å².